The van der Waals surface area contributed by atoms with Gasteiger partial charge in [-0.2, -0.15) is 0 Å². The van der Waals surface area contributed by atoms with Crippen LogP contribution in [0.15, 0.2) is 18.2 Å². The molecule has 0 amide bonds. The molecule has 1 aromatic rings. The molecule has 18 heavy (non-hydrogen) atoms. The lowest BCUT2D eigenvalue weighted by atomic mass is 9.74. The smallest absolute Gasteiger partial charge is 0.202 e. The van der Waals surface area contributed by atoms with E-state index in [1.54, 1.807) is 39.5 Å². The number of methoxy groups -OCH3 is 3. The summed E-state index contributed by atoms with van der Waals surface area (Å²) >= 11 is 0. The molecule has 4 heteroatoms. The first-order valence-electron chi connectivity index (χ1n) is 5.99. The van der Waals surface area contributed by atoms with Crippen molar-refractivity contribution in [1.82, 2.24) is 0 Å². The first kappa shape index (κ1) is 12.9. The molecule has 0 radical (unpaired) electrons. The number of ether oxygens (including phenoxy) is 3. The normalized spacial score (nSPS) is 16.8. The average Bonchev–Trinajstić information content (AvgIpc) is 2.36. The number of Topliss-reactive ketones (excluding diaryl/α,β-unsaturated/α-hetero) is 1. The molecule has 1 aliphatic rings. The van der Waals surface area contributed by atoms with E-state index < -0.39 is 5.60 Å². The fraction of sp³-hybridized carbons (Fsp3) is 0.500. The van der Waals surface area contributed by atoms with E-state index >= 15 is 0 Å². The van der Waals surface area contributed by atoms with Crippen molar-refractivity contribution in [3.05, 3.63) is 23.8 Å². The summed E-state index contributed by atoms with van der Waals surface area (Å²) in [6.07, 6.45) is 2.52. The predicted octanol–water partition coefficient (Wildman–Crippen LogP) is 2.46. The number of hydrogen-bond donors (Lipinski definition) is 0. The third-order valence-corrected chi connectivity index (χ3v) is 3.62. The van der Waals surface area contributed by atoms with Crippen molar-refractivity contribution < 1.29 is 19.0 Å². The van der Waals surface area contributed by atoms with E-state index in [2.05, 4.69) is 0 Å². The van der Waals surface area contributed by atoms with Crippen LogP contribution in [0.5, 0.6) is 11.5 Å². The first-order valence-corrected chi connectivity index (χ1v) is 5.99. The van der Waals surface area contributed by atoms with Gasteiger partial charge in [-0.15, -0.1) is 0 Å². The Balaban J connectivity index is 2.46. The van der Waals surface area contributed by atoms with E-state index in [0.717, 1.165) is 19.3 Å². The largest absolute Gasteiger partial charge is 0.496 e. The number of hydrogen-bond acceptors (Lipinski definition) is 4. The number of benzene rings is 1. The van der Waals surface area contributed by atoms with Gasteiger partial charge in [0.2, 0.25) is 5.78 Å². The summed E-state index contributed by atoms with van der Waals surface area (Å²) in [4.78, 5) is 12.7. The van der Waals surface area contributed by atoms with Crippen LogP contribution in [-0.2, 0) is 4.74 Å². The van der Waals surface area contributed by atoms with Gasteiger partial charge >= 0.3 is 0 Å². The monoisotopic (exact) mass is 250 g/mol. The molecule has 98 valence electrons. The van der Waals surface area contributed by atoms with Gasteiger partial charge in [0.25, 0.3) is 0 Å². The fourth-order valence-corrected chi connectivity index (χ4v) is 2.32. The maximum atomic E-state index is 12.7. The molecule has 1 aliphatic carbocycles. The van der Waals surface area contributed by atoms with Crippen molar-refractivity contribution in [3.8, 4) is 11.5 Å². The van der Waals surface area contributed by atoms with Crippen LogP contribution in [0, 0.1) is 0 Å². The van der Waals surface area contributed by atoms with Gasteiger partial charge in [-0.25, -0.2) is 0 Å². The third kappa shape index (κ3) is 1.86. The quantitative estimate of drug-likeness (QED) is 0.753. The Kier molecular flexibility index (Phi) is 3.57. The van der Waals surface area contributed by atoms with Crippen LogP contribution in [0.25, 0.3) is 0 Å². The Bertz CT molecular complexity index is 421. The van der Waals surface area contributed by atoms with Crippen LogP contribution in [0.1, 0.15) is 29.6 Å². The number of rotatable bonds is 5. The maximum absolute atomic E-state index is 12.7. The Morgan fingerprint density at radius 1 is 1.11 bits per heavy atom. The minimum Gasteiger partial charge on any atom is -0.496 e. The predicted molar refractivity (Wildman–Crippen MR) is 67.5 cm³/mol. The Morgan fingerprint density at radius 3 is 2.00 bits per heavy atom. The number of ketones is 1. The van der Waals surface area contributed by atoms with Crippen LogP contribution >= 0.6 is 0 Å². The van der Waals surface area contributed by atoms with Crippen LogP contribution < -0.4 is 9.47 Å². The van der Waals surface area contributed by atoms with E-state index in [0.29, 0.717) is 17.1 Å². The highest BCUT2D eigenvalue weighted by Gasteiger charge is 2.46. The molecule has 0 aromatic heterocycles. The lowest BCUT2D eigenvalue weighted by Crippen LogP contribution is -2.47. The van der Waals surface area contributed by atoms with Gasteiger partial charge in [0.15, 0.2) is 0 Å². The second-order valence-electron chi connectivity index (χ2n) is 4.42. The van der Waals surface area contributed by atoms with Crippen LogP contribution in [0.2, 0.25) is 0 Å². The Hall–Kier alpha value is -1.55. The zero-order chi connectivity index (χ0) is 13.2. The fourth-order valence-electron chi connectivity index (χ4n) is 2.32. The molecule has 0 aliphatic heterocycles. The number of carbonyl (C=O) groups is 1. The summed E-state index contributed by atoms with van der Waals surface area (Å²) < 4.78 is 15.9. The molecular formula is C14H18O4. The molecule has 0 spiro atoms. The maximum Gasteiger partial charge on any atom is 0.202 e. The summed E-state index contributed by atoms with van der Waals surface area (Å²) in [5.41, 5.74) is -0.217. The zero-order valence-electron chi connectivity index (χ0n) is 11.0. The van der Waals surface area contributed by atoms with Gasteiger partial charge in [0.1, 0.15) is 22.7 Å². The highest BCUT2D eigenvalue weighted by molar-refractivity contribution is 6.07. The molecule has 0 atom stereocenters. The van der Waals surface area contributed by atoms with Crippen molar-refractivity contribution in [2.75, 3.05) is 21.3 Å². The summed E-state index contributed by atoms with van der Waals surface area (Å²) in [7, 11) is 4.68. The van der Waals surface area contributed by atoms with Crippen LogP contribution in [0.4, 0.5) is 0 Å². The van der Waals surface area contributed by atoms with Crippen molar-refractivity contribution in [2.45, 2.75) is 24.9 Å². The van der Waals surface area contributed by atoms with Gasteiger partial charge < -0.3 is 14.2 Å². The topological polar surface area (TPSA) is 44.8 Å². The molecule has 0 bridgehead atoms. The Morgan fingerprint density at radius 2 is 1.67 bits per heavy atom. The first-order chi connectivity index (χ1) is 8.68. The van der Waals surface area contributed by atoms with E-state index in [1.165, 1.54) is 0 Å². The lowest BCUT2D eigenvalue weighted by Gasteiger charge is -2.39. The second kappa shape index (κ2) is 4.98. The molecular weight excluding hydrogens is 232 g/mol. The standard InChI is InChI=1S/C14H18O4/c1-16-10-6-4-7-11(17-2)12(10)13(15)14(18-3)8-5-9-14/h4,6-7H,5,8-9H2,1-3H3. The zero-order valence-corrected chi connectivity index (χ0v) is 11.0. The van der Waals surface area contributed by atoms with E-state index in [9.17, 15) is 4.79 Å². The molecule has 1 saturated carbocycles. The number of carbonyl (C=O) groups excluding carboxylic acids is 1. The third-order valence-electron chi connectivity index (χ3n) is 3.62. The van der Waals surface area contributed by atoms with Crippen LogP contribution in [-0.4, -0.2) is 32.7 Å². The highest BCUT2D eigenvalue weighted by Crippen LogP contribution is 2.42. The highest BCUT2D eigenvalue weighted by atomic mass is 16.5. The van der Waals surface area contributed by atoms with Crippen LogP contribution in [0.3, 0.4) is 0 Å². The molecule has 0 unspecified atom stereocenters. The van der Waals surface area contributed by atoms with Gasteiger partial charge in [0, 0.05) is 7.11 Å². The van der Waals surface area contributed by atoms with Gasteiger partial charge in [-0.3, -0.25) is 4.79 Å². The van der Waals surface area contributed by atoms with E-state index in [1.807, 2.05) is 0 Å². The van der Waals surface area contributed by atoms with Crippen molar-refractivity contribution in [1.29, 1.82) is 0 Å². The molecule has 1 fully saturated rings. The molecule has 0 saturated heterocycles. The molecule has 0 heterocycles. The second-order valence-corrected chi connectivity index (χ2v) is 4.42. The summed E-state index contributed by atoms with van der Waals surface area (Å²) in [5.74, 6) is 1.01. The molecule has 2 rings (SSSR count). The SMILES string of the molecule is COc1cccc(OC)c1C(=O)C1(OC)CCC1. The molecule has 0 N–H and O–H groups in total. The summed E-state index contributed by atoms with van der Waals surface area (Å²) in [5, 5.41) is 0. The van der Waals surface area contributed by atoms with Gasteiger partial charge in [0.05, 0.1) is 14.2 Å². The lowest BCUT2D eigenvalue weighted by molar-refractivity contribution is -0.0451. The Labute approximate surface area is 107 Å². The average molecular weight is 250 g/mol. The van der Waals surface area contributed by atoms with E-state index in [-0.39, 0.29) is 5.78 Å². The van der Waals surface area contributed by atoms with Gasteiger partial charge in [-0.05, 0) is 31.4 Å². The van der Waals surface area contributed by atoms with Crippen molar-refractivity contribution >= 4 is 5.78 Å². The van der Waals surface area contributed by atoms with E-state index in [4.69, 9.17) is 14.2 Å². The van der Waals surface area contributed by atoms with Crippen molar-refractivity contribution in [3.63, 3.8) is 0 Å². The van der Waals surface area contributed by atoms with Gasteiger partial charge in [-0.1, -0.05) is 6.07 Å². The summed E-state index contributed by atoms with van der Waals surface area (Å²) in [6.45, 7) is 0. The summed E-state index contributed by atoms with van der Waals surface area (Å²) in [6, 6.07) is 5.32. The minimum absolute atomic E-state index is 0.0504. The molecule has 1 aromatic carbocycles. The molecule has 4 nitrogen and oxygen atoms in total. The minimum atomic E-state index is -0.693. The van der Waals surface area contributed by atoms with Crippen molar-refractivity contribution in [2.24, 2.45) is 0 Å².